The molecule has 0 atom stereocenters. The lowest BCUT2D eigenvalue weighted by atomic mass is 9.99. The van der Waals surface area contributed by atoms with E-state index in [9.17, 15) is 9.90 Å². The van der Waals surface area contributed by atoms with E-state index in [4.69, 9.17) is 4.98 Å². The molecule has 0 spiro atoms. The van der Waals surface area contributed by atoms with E-state index in [0.29, 0.717) is 16.6 Å². The molecule has 1 aromatic heterocycles. The number of rotatable bonds is 5. The van der Waals surface area contributed by atoms with E-state index in [0.717, 1.165) is 34.5 Å². The zero-order valence-corrected chi connectivity index (χ0v) is 16.4. The van der Waals surface area contributed by atoms with E-state index in [1.54, 1.807) is 6.07 Å². The third-order valence-electron chi connectivity index (χ3n) is 4.98. The van der Waals surface area contributed by atoms with Crippen molar-refractivity contribution in [2.45, 2.75) is 13.8 Å². The Labute approximate surface area is 169 Å². The Hall–Kier alpha value is -3.66. The number of carboxylic acid groups (broad SMARTS) is 1. The van der Waals surface area contributed by atoms with Crippen LogP contribution in [-0.2, 0) is 0 Å². The highest BCUT2D eigenvalue weighted by atomic mass is 16.4. The average molecular weight is 382 g/mol. The Bertz CT molecular complexity index is 1200. The van der Waals surface area contributed by atoms with Gasteiger partial charge in [-0.05, 0) is 43.7 Å². The minimum atomic E-state index is -0.944. The number of hydrogen-bond acceptors (Lipinski definition) is 3. The molecule has 0 aliphatic carbocycles. The molecule has 0 amide bonds. The van der Waals surface area contributed by atoms with Crippen molar-refractivity contribution in [2.75, 3.05) is 11.9 Å². The maximum atomic E-state index is 11.8. The molecule has 0 saturated heterocycles. The molecule has 2 N–H and O–H groups in total. The fourth-order valence-corrected chi connectivity index (χ4v) is 3.56. The number of nitrogens with one attached hydrogen (secondary N) is 1. The van der Waals surface area contributed by atoms with Crippen LogP contribution in [0.1, 0.15) is 22.8 Å². The second-order valence-corrected chi connectivity index (χ2v) is 7.03. The summed E-state index contributed by atoms with van der Waals surface area (Å²) in [6.07, 6.45) is 0. The van der Waals surface area contributed by atoms with E-state index in [-0.39, 0.29) is 5.56 Å². The number of fused-ring (bicyclic) bond motifs is 1. The number of carboxylic acids is 1. The number of pyridine rings is 1. The maximum absolute atomic E-state index is 11.8. The summed E-state index contributed by atoms with van der Waals surface area (Å²) < 4.78 is 0. The summed E-state index contributed by atoms with van der Waals surface area (Å²) in [5.41, 5.74) is 6.84. The first-order chi connectivity index (χ1) is 14.1. The van der Waals surface area contributed by atoms with Gasteiger partial charge in [-0.2, -0.15) is 0 Å². The van der Waals surface area contributed by atoms with Crippen LogP contribution >= 0.6 is 0 Å². The van der Waals surface area contributed by atoms with Crippen LogP contribution in [0.15, 0.2) is 72.8 Å². The number of aryl methyl sites for hydroxylation is 1. The highest BCUT2D eigenvalue weighted by molar-refractivity contribution is 6.04. The molecule has 0 unspecified atom stereocenters. The fraction of sp³-hybridized carbons (Fsp3) is 0.120. The molecule has 0 saturated carbocycles. The normalized spacial score (nSPS) is 10.8. The molecule has 1 heterocycles. The minimum absolute atomic E-state index is 0.273. The summed E-state index contributed by atoms with van der Waals surface area (Å²) in [4.78, 5) is 16.5. The Morgan fingerprint density at radius 2 is 1.69 bits per heavy atom. The molecule has 0 aliphatic rings. The highest BCUT2D eigenvalue weighted by Crippen LogP contribution is 2.31. The second-order valence-electron chi connectivity index (χ2n) is 7.03. The van der Waals surface area contributed by atoms with E-state index >= 15 is 0 Å². The number of para-hydroxylation sites is 1. The van der Waals surface area contributed by atoms with Gasteiger partial charge in [0.15, 0.2) is 0 Å². The lowest BCUT2D eigenvalue weighted by Crippen LogP contribution is -2.00. The molecule has 4 heteroatoms. The topological polar surface area (TPSA) is 62.2 Å². The largest absolute Gasteiger partial charge is 0.478 e. The van der Waals surface area contributed by atoms with Crippen molar-refractivity contribution in [3.8, 4) is 22.4 Å². The summed E-state index contributed by atoms with van der Waals surface area (Å²) in [6, 6.07) is 23.6. The first-order valence-electron chi connectivity index (χ1n) is 9.65. The van der Waals surface area contributed by atoms with Crippen molar-refractivity contribution in [2.24, 2.45) is 0 Å². The van der Waals surface area contributed by atoms with Crippen molar-refractivity contribution < 1.29 is 9.90 Å². The van der Waals surface area contributed by atoms with Crippen molar-refractivity contribution in [1.82, 2.24) is 4.98 Å². The molecule has 0 bridgehead atoms. The summed E-state index contributed by atoms with van der Waals surface area (Å²) in [6.45, 7) is 4.88. The van der Waals surface area contributed by atoms with Gasteiger partial charge in [-0.3, -0.25) is 0 Å². The van der Waals surface area contributed by atoms with Gasteiger partial charge in [-0.15, -0.1) is 0 Å². The lowest BCUT2D eigenvalue weighted by molar-refractivity contribution is 0.0699. The maximum Gasteiger partial charge on any atom is 0.336 e. The molecule has 0 radical (unpaired) electrons. The van der Waals surface area contributed by atoms with Gasteiger partial charge in [-0.25, -0.2) is 9.78 Å². The van der Waals surface area contributed by atoms with Crippen LogP contribution in [0.5, 0.6) is 0 Å². The molecule has 144 valence electrons. The van der Waals surface area contributed by atoms with Crippen LogP contribution in [0, 0.1) is 6.92 Å². The summed E-state index contributed by atoms with van der Waals surface area (Å²) in [7, 11) is 0. The van der Waals surface area contributed by atoms with E-state index in [1.807, 2.05) is 61.5 Å². The Morgan fingerprint density at radius 3 is 2.41 bits per heavy atom. The number of nitrogens with zero attached hydrogens (tertiary/aromatic N) is 1. The quantitative estimate of drug-likeness (QED) is 0.444. The molecular weight excluding hydrogens is 360 g/mol. The van der Waals surface area contributed by atoms with E-state index in [1.165, 1.54) is 0 Å². The molecule has 4 aromatic rings. The molecule has 0 fully saturated rings. The van der Waals surface area contributed by atoms with E-state index in [2.05, 4.69) is 24.4 Å². The number of aromatic nitrogens is 1. The summed E-state index contributed by atoms with van der Waals surface area (Å²) in [5.74, 6) is -0.944. The van der Waals surface area contributed by atoms with Crippen molar-refractivity contribution in [3.05, 3.63) is 83.9 Å². The standard InChI is InChI=1S/C25H22N2O2/c1-3-26-22-7-5-4-6-19(22)17-9-11-18(12-10-17)24-15-21(25(28)29)20-14-16(2)8-13-23(20)27-24/h4-15,26H,3H2,1-2H3,(H,28,29). The number of aromatic carboxylic acids is 1. The molecule has 3 aromatic carbocycles. The first-order valence-corrected chi connectivity index (χ1v) is 9.65. The molecular formula is C25H22N2O2. The number of benzene rings is 3. The molecule has 4 rings (SSSR count). The number of carbonyl (C=O) groups is 1. The van der Waals surface area contributed by atoms with Gasteiger partial charge in [0.25, 0.3) is 0 Å². The smallest absolute Gasteiger partial charge is 0.336 e. The molecule has 0 aliphatic heterocycles. The van der Waals surface area contributed by atoms with Crippen LogP contribution in [-0.4, -0.2) is 22.6 Å². The molecule has 29 heavy (non-hydrogen) atoms. The van der Waals surface area contributed by atoms with Gasteiger partial charge in [0.05, 0.1) is 16.8 Å². The van der Waals surface area contributed by atoms with Gasteiger partial charge >= 0.3 is 5.97 Å². The van der Waals surface area contributed by atoms with Crippen molar-refractivity contribution in [3.63, 3.8) is 0 Å². The van der Waals surface area contributed by atoms with Gasteiger partial charge in [-0.1, -0.05) is 54.1 Å². The summed E-state index contributed by atoms with van der Waals surface area (Å²) >= 11 is 0. The van der Waals surface area contributed by atoms with Gasteiger partial charge in [0.2, 0.25) is 0 Å². The Balaban J connectivity index is 1.78. The van der Waals surface area contributed by atoms with E-state index < -0.39 is 5.97 Å². The average Bonchev–Trinajstić information content (AvgIpc) is 2.74. The van der Waals surface area contributed by atoms with Crippen LogP contribution in [0.4, 0.5) is 5.69 Å². The predicted molar refractivity (Wildman–Crippen MR) is 118 cm³/mol. The third kappa shape index (κ3) is 3.69. The fourth-order valence-electron chi connectivity index (χ4n) is 3.56. The SMILES string of the molecule is CCNc1ccccc1-c1ccc(-c2cc(C(=O)O)c3cc(C)ccc3n2)cc1. The van der Waals surface area contributed by atoms with Gasteiger partial charge in [0, 0.05) is 28.7 Å². The first kappa shape index (κ1) is 18.7. The van der Waals surface area contributed by atoms with Gasteiger partial charge < -0.3 is 10.4 Å². The van der Waals surface area contributed by atoms with Crippen molar-refractivity contribution >= 4 is 22.6 Å². The second kappa shape index (κ2) is 7.76. The summed E-state index contributed by atoms with van der Waals surface area (Å²) in [5, 5.41) is 13.7. The van der Waals surface area contributed by atoms with Gasteiger partial charge in [0.1, 0.15) is 0 Å². The highest BCUT2D eigenvalue weighted by Gasteiger charge is 2.13. The van der Waals surface area contributed by atoms with Crippen molar-refractivity contribution in [1.29, 1.82) is 0 Å². The van der Waals surface area contributed by atoms with Crippen LogP contribution in [0.3, 0.4) is 0 Å². The lowest BCUT2D eigenvalue weighted by Gasteiger charge is -2.12. The third-order valence-corrected chi connectivity index (χ3v) is 4.98. The monoisotopic (exact) mass is 382 g/mol. The zero-order valence-electron chi connectivity index (χ0n) is 16.4. The zero-order chi connectivity index (χ0) is 20.4. The van der Waals surface area contributed by atoms with Crippen LogP contribution in [0.2, 0.25) is 0 Å². The number of hydrogen-bond donors (Lipinski definition) is 2. The Kier molecular flexibility index (Phi) is 5.00. The number of anilines is 1. The van der Waals surface area contributed by atoms with Crippen LogP contribution in [0.25, 0.3) is 33.3 Å². The molecule has 4 nitrogen and oxygen atoms in total. The minimum Gasteiger partial charge on any atom is -0.478 e. The predicted octanol–water partition coefficient (Wildman–Crippen LogP) is 6.01. The Morgan fingerprint density at radius 1 is 0.966 bits per heavy atom. The van der Waals surface area contributed by atoms with Crippen LogP contribution < -0.4 is 5.32 Å².